The number of nitrogens with one attached hydrogen (secondary N) is 1. The predicted octanol–water partition coefficient (Wildman–Crippen LogP) is 2.90. The number of halogens is 2. The molecule has 0 saturated carbocycles. The largest absolute Gasteiger partial charge is 0.349 e. The van der Waals surface area contributed by atoms with E-state index in [0.29, 0.717) is 12.8 Å². The van der Waals surface area contributed by atoms with E-state index in [-0.39, 0.29) is 17.9 Å². The van der Waals surface area contributed by atoms with Crippen molar-refractivity contribution in [3.63, 3.8) is 0 Å². The lowest BCUT2D eigenvalue weighted by atomic mass is 10.0. The summed E-state index contributed by atoms with van der Waals surface area (Å²) in [5, 5.41) is 6.79. The lowest BCUT2D eigenvalue weighted by molar-refractivity contribution is -0.121. The SMILES string of the molecule is CCC(NC(=O)CCc1cnn(C)c1)c1cc(F)ccc1F. The van der Waals surface area contributed by atoms with Crippen LogP contribution in [0, 0.1) is 11.6 Å². The number of hydrogen-bond donors (Lipinski definition) is 1. The van der Waals surface area contributed by atoms with Crippen LogP contribution in [0.4, 0.5) is 8.78 Å². The van der Waals surface area contributed by atoms with Crippen LogP contribution < -0.4 is 5.32 Å². The molecule has 1 amide bonds. The number of nitrogens with zero attached hydrogens (tertiary/aromatic N) is 2. The van der Waals surface area contributed by atoms with E-state index in [9.17, 15) is 13.6 Å². The van der Waals surface area contributed by atoms with Crippen molar-refractivity contribution in [2.75, 3.05) is 0 Å². The lowest BCUT2D eigenvalue weighted by Gasteiger charge is -2.18. The Balaban J connectivity index is 1.97. The molecule has 0 aliphatic rings. The standard InChI is InChI=1S/C16H19F2N3O/c1-3-15(13-8-12(17)5-6-14(13)18)20-16(22)7-4-11-9-19-21(2)10-11/h5-6,8-10,15H,3-4,7H2,1-2H3,(H,20,22). The van der Waals surface area contributed by atoms with Crippen molar-refractivity contribution in [2.45, 2.75) is 32.2 Å². The molecule has 0 saturated heterocycles. The number of aromatic nitrogens is 2. The van der Waals surface area contributed by atoms with Gasteiger partial charge in [0.25, 0.3) is 0 Å². The van der Waals surface area contributed by atoms with Crippen molar-refractivity contribution in [1.82, 2.24) is 15.1 Å². The van der Waals surface area contributed by atoms with Gasteiger partial charge in [0.05, 0.1) is 12.2 Å². The Morgan fingerprint density at radius 2 is 2.18 bits per heavy atom. The summed E-state index contributed by atoms with van der Waals surface area (Å²) in [5.41, 5.74) is 1.14. The summed E-state index contributed by atoms with van der Waals surface area (Å²) < 4.78 is 28.7. The fraction of sp³-hybridized carbons (Fsp3) is 0.375. The van der Waals surface area contributed by atoms with Gasteiger partial charge in [0.15, 0.2) is 0 Å². The second-order valence-corrected chi connectivity index (χ2v) is 5.22. The Kier molecular flexibility index (Phi) is 5.25. The molecule has 6 heteroatoms. The number of rotatable bonds is 6. The number of aryl methyl sites for hydroxylation is 2. The molecule has 118 valence electrons. The number of carbonyl (C=O) groups is 1. The van der Waals surface area contributed by atoms with E-state index < -0.39 is 17.7 Å². The molecule has 0 spiro atoms. The summed E-state index contributed by atoms with van der Waals surface area (Å²) in [7, 11) is 1.81. The Morgan fingerprint density at radius 3 is 2.82 bits per heavy atom. The molecule has 1 atom stereocenters. The van der Waals surface area contributed by atoms with Gasteiger partial charge in [-0.1, -0.05) is 6.92 Å². The summed E-state index contributed by atoms with van der Waals surface area (Å²) in [4.78, 5) is 12.0. The quantitative estimate of drug-likeness (QED) is 0.892. The maximum atomic E-state index is 13.8. The van der Waals surface area contributed by atoms with Crippen LogP contribution in [0.25, 0.3) is 0 Å². The van der Waals surface area contributed by atoms with E-state index in [1.807, 2.05) is 20.2 Å². The molecule has 0 fully saturated rings. The molecule has 1 aromatic carbocycles. The average Bonchev–Trinajstić information content (AvgIpc) is 2.91. The third-order valence-electron chi connectivity index (χ3n) is 3.48. The fourth-order valence-electron chi connectivity index (χ4n) is 2.31. The van der Waals surface area contributed by atoms with Gasteiger partial charge < -0.3 is 5.32 Å². The van der Waals surface area contributed by atoms with Crippen molar-refractivity contribution >= 4 is 5.91 Å². The molecular formula is C16H19F2N3O. The Morgan fingerprint density at radius 1 is 1.41 bits per heavy atom. The van der Waals surface area contributed by atoms with Gasteiger partial charge >= 0.3 is 0 Å². The average molecular weight is 307 g/mol. The molecule has 1 heterocycles. The van der Waals surface area contributed by atoms with Crippen molar-refractivity contribution in [2.24, 2.45) is 7.05 Å². The van der Waals surface area contributed by atoms with E-state index in [0.717, 1.165) is 23.8 Å². The second kappa shape index (κ2) is 7.15. The van der Waals surface area contributed by atoms with Crippen LogP contribution in [0.2, 0.25) is 0 Å². The molecule has 22 heavy (non-hydrogen) atoms. The molecule has 0 aliphatic heterocycles. The molecule has 1 aromatic heterocycles. The van der Waals surface area contributed by atoms with Crippen LogP contribution in [-0.4, -0.2) is 15.7 Å². The Labute approximate surface area is 128 Å². The van der Waals surface area contributed by atoms with Crippen LogP contribution in [0.15, 0.2) is 30.6 Å². The van der Waals surface area contributed by atoms with Crippen LogP contribution >= 0.6 is 0 Å². The summed E-state index contributed by atoms with van der Waals surface area (Å²) in [6.07, 6.45) is 4.87. The minimum atomic E-state index is -0.530. The second-order valence-electron chi connectivity index (χ2n) is 5.22. The van der Waals surface area contributed by atoms with Gasteiger partial charge in [-0.15, -0.1) is 0 Å². The summed E-state index contributed by atoms with van der Waals surface area (Å²) in [6, 6.07) is 2.74. The summed E-state index contributed by atoms with van der Waals surface area (Å²) in [5.74, 6) is -1.22. The van der Waals surface area contributed by atoms with Gasteiger partial charge in [0.1, 0.15) is 11.6 Å². The maximum Gasteiger partial charge on any atom is 0.220 e. The first-order chi connectivity index (χ1) is 10.5. The third kappa shape index (κ3) is 4.13. The number of amides is 1. The lowest BCUT2D eigenvalue weighted by Crippen LogP contribution is -2.29. The van der Waals surface area contributed by atoms with Crippen molar-refractivity contribution in [1.29, 1.82) is 0 Å². The highest BCUT2D eigenvalue weighted by atomic mass is 19.1. The molecule has 1 unspecified atom stereocenters. The fourth-order valence-corrected chi connectivity index (χ4v) is 2.31. The van der Waals surface area contributed by atoms with E-state index in [1.54, 1.807) is 10.9 Å². The van der Waals surface area contributed by atoms with Gasteiger partial charge in [-0.05, 0) is 36.6 Å². The highest BCUT2D eigenvalue weighted by Gasteiger charge is 2.17. The molecule has 4 nitrogen and oxygen atoms in total. The zero-order chi connectivity index (χ0) is 16.1. The normalized spacial score (nSPS) is 12.2. The van der Waals surface area contributed by atoms with Crippen molar-refractivity contribution < 1.29 is 13.6 Å². The number of carbonyl (C=O) groups excluding carboxylic acids is 1. The highest BCUT2D eigenvalue weighted by Crippen LogP contribution is 2.21. The smallest absolute Gasteiger partial charge is 0.220 e. The van der Waals surface area contributed by atoms with E-state index in [1.165, 1.54) is 0 Å². The van der Waals surface area contributed by atoms with Gasteiger partial charge in [0.2, 0.25) is 5.91 Å². The van der Waals surface area contributed by atoms with Crippen LogP contribution in [-0.2, 0) is 18.3 Å². The summed E-state index contributed by atoms with van der Waals surface area (Å²) in [6.45, 7) is 1.82. The highest BCUT2D eigenvalue weighted by molar-refractivity contribution is 5.76. The van der Waals surface area contributed by atoms with Gasteiger partial charge in [-0.25, -0.2) is 8.78 Å². The van der Waals surface area contributed by atoms with Crippen LogP contribution in [0.3, 0.4) is 0 Å². The zero-order valence-corrected chi connectivity index (χ0v) is 12.6. The van der Waals surface area contributed by atoms with Crippen LogP contribution in [0.5, 0.6) is 0 Å². The predicted molar refractivity (Wildman–Crippen MR) is 79.1 cm³/mol. The minimum Gasteiger partial charge on any atom is -0.349 e. The number of hydrogen-bond acceptors (Lipinski definition) is 2. The number of benzene rings is 1. The Hall–Kier alpha value is -2.24. The van der Waals surface area contributed by atoms with Gasteiger partial charge in [0, 0.05) is 25.2 Å². The van der Waals surface area contributed by atoms with E-state index >= 15 is 0 Å². The third-order valence-corrected chi connectivity index (χ3v) is 3.48. The minimum absolute atomic E-state index is 0.178. The van der Waals surface area contributed by atoms with E-state index in [2.05, 4.69) is 10.4 Å². The molecule has 1 N–H and O–H groups in total. The molecule has 0 bridgehead atoms. The Bertz CT molecular complexity index is 655. The van der Waals surface area contributed by atoms with Crippen LogP contribution in [0.1, 0.15) is 36.9 Å². The van der Waals surface area contributed by atoms with Gasteiger partial charge in [-0.2, -0.15) is 5.10 Å². The molecule has 0 aliphatic carbocycles. The maximum absolute atomic E-state index is 13.8. The van der Waals surface area contributed by atoms with E-state index in [4.69, 9.17) is 0 Å². The summed E-state index contributed by atoms with van der Waals surface area (Å²) >= 11 is 0. The zero-order valence-electron chi connectivity index (χ0n) is 12.6. The first-order valence-electron chi connectivity index (χ1n) is 7.21. The first-order valence-corrected chi connectivity index (χ1v) is 7.21. The molecule has 2 rings (SSSR count). The molecule has 2 aromatic rings. The molecule has 0 radical (unpaired) electrons. The topological polar surface area (TPSA) is 46.9 Å². The van der Waals surface area contributed by atoms with Crippen molar-refractivity contribution in [3.8, 4) is 0 Å². The monoisotopic (exact) mass is 307 g/mol. The van der Waals surface area contributed by atoms with Gasteiger partial charge in [-0.3, -0.25) is 9.48 Å². The van der Waals surface area contributed by atoms with Crippen molar-refractivity contribution in [3.05, 3.63) is 53.4 Å². The first kappa shape index (κ1) is 16.1. The molecular weight excluding hydrogens is 288 g/mol.